The first kappa shape index (κ1) is 14.5. The molecule has 0 bridgehead atoms. The van der Waals surface area contributed by atoms with Crippen molar-refractivity contribution in [3.05, 3.63) is 46.8 Å². The van der Waals surface area contributed by atoms with E-state index in [2.05, 4.69) is 43.5 Å². The maximum absolute atomic E-state index is 12.1. The molecule has 1 aromatic carbocycles. The predicted octanol–water partition coefficient (Wildman–Crippen LogP) is 3.31. The van der Waals surface area contributed by atoms with E-state index in [1.165, 1.54) is 6.20 Å². The van der Waals surface area contributed by atoms with Crippen molar-refractivity contribution in [2.24, 2.45) is 0 Å². The third kappa shape index (κ3) is 4.03. The van der Waals surface area contributed by atoms with Crippen molar-refractivity contribution < 1.29 is 4.79 Å². The highest BCUT2D eigenvalue weighted by Crippen LogP contribution is 2.15. The van der Waals surface area contributed by atoms with Crippen LogP contribution in [0.15, 0.2) is 41.1 Å². The van der Waals surface area contributed by atoms with Gasteiger partial charge in [0.15, 0.2) is 0 Å². The smallest absolute Gasteiger partial charge is 0.275 e. The van der Waals surface area contributed by atoms with E-state index in [1.807, 2.05) is 24.3 Å². The molecule has 0 saturated heterocycles. The number of rotatable bonds is 5. The quantitative estimate of drug-likeness (QED) is 0.880. The zero-order chi connectivity index (χ0) is 14.4. The second kappa shape index (κ2) is 7.00. The average Bonchev–Trinajstić information content (AvgIpc) is 2.48. The summed E-state index contributed by atoms with van der Waals surface area (Å²) in [5, 5.41) is 5.88. The van der Waals surface area contributed by atoms with Crippen LogP contribution in [0.25, 0.3) is 0 Å². The van der Waals surface area contributed by atoms with E-state index in [1.54, 1.807) is 6.20 Å². The second-order valence-corrected chi connectivity index (χ2v) is 5.09. The van der Waals surface area contributed by atoms with Gasteiger partial charge in [0.1, 0.15) is 11.5 Å². The number of carbonyl (C=O) groups excluding carboxylic acids is 1. The number of halogens is 1. The van der Waals surface area contributed by atoms with E-state index >= 15 is 0 Å². The van der Waals surface area contributed by atoms with Crippen LogP contribution < -0.4 is 10.6 Å². The average molecular weight is 335 g/mol. The number of aromatic nitrogens is 2. The monoisotopic (exact) mass is 334 g/mol. The molecule has 0 unspecified atom stereocenters. The Hall–Kier alpha value is -1.95. The first-order valence-corrected chi connectivity index (χ1v) is 7.11. The summed E-state index contributed by atoms with van der Waals surface area (Å²) in [4.78, 5) is 20.3. The topological polar surface area (TPSA) is 66.9 Å². The summed E-state index contributed by atoms with van der Waals surface area (Å²) in [5.74, 6) is 0.329. The molecule has 0 aliphatic rings. The van der Waals surface area contributed by atoms with Gasteiger partial charge in [0.05, 0.1) is 12.4 Å². The number of nitrogens with one attached hydrogen (secondary N) is 2. The Bertz CT molecular complexity index is 586. The van der Waals surface area contributed by atoms with Gasteiger partial charge in [-0.15, -0.1) is 0 Å². The van der Waals surface area contributed by atoms with E-state index in [9.17, 15) is 4.79 Å². The molecule has 0 aliphatic heterocycles. The predicted molar refractivity (Wildman–Crippen MR) is 82.9 cm³/mol. The van der Waals surface area contributed by atoms with Crippen LogP contribution in [0.3, 0.4) is 0 Å². The fraction of sp³-hybridized carbons (Fsp3) is 0.214. The van der Waals surface area contributed by atoms with Crippen LogP contribution in [0.4, 0.5) is 11.5 Å². The first-order valence-electron chi connectivity index (χ1n) is 6.32. The van der Waals surface area contributed by atoms with Gasteiger partial charge < -0.3 is 10.6 Å². The number of hydrogen-bond donors (Lipinski definition) is 2. The summed E-state index contributed by atoms with van der Waals surface area (Å²) < 4.78 is 0.959. The fourth-order valence-electron chi connectivity index (χ4n) is 1.54. The molecular formula is C14H15BrN4O. The Morgan fingerprint density at radius 1 is 1.25 bits per heavy atom. The number of nitrogens with zero attached hydrogens (tertiary/aromatic N) is 2. The molecule has 0 spiro atoms. The maximum atomic E-state index is 12.1. The second-order valence-electron chi connectivity index (χ2n) is 4.18. The third-order valence-electron chi connectivity index (χ3n) is 2.53. The highest BCUT2D eigenvalue weighted by Gasteiger charge is 2.09. The van der Waals surface area contributed by atoms with Crippen LogP contribution in [0.1, 0.15) is 23.8 Å². The largest absolute Gasteiger partial charge is 0.369 e. The van der Waals surface area contributed by atoms with E-state index in [0.29, 0.717) is 11.5 Å². The van der Waals surface area contributed by atoms with Gasteiger partial charge in [0, 0.05) is 16.7 Å². The van der Waals surface area contributed by atoms with Crippen molar-refractivity contribution in [2.45, 2.75) is 13.3 Å². The van der Waals surface area contributed by atoms with Gasteiger partial charge in [-0.05, 0) is 30.7 Å². The van der Waals surface area contributed by atoms with Crippen molar-refractivity contribution in [3.63, 3.8) is 0 Å². The standard InChI is InChI=1S/C14H15BrN4O/c1-2-7-17-13-9-16-8-12(19-13)14(20)18-11-5-3-10(15)4-6-11/h3-6,8-9H,2,7H2,1H3,(H,17,19)(H,18,20). The molecular weight excluding hydrogens is 320 g/mol. The van der Waals surface area contributed by atoms with Crippen LogP contribution in [0.2, 0.25) is 0 Å². The van der Waals surface area contributed by atoms with Gasteiger partial charge in [-0.25, -0.2) is 4.98 Å². The van der Waals surface area contributed by atoms with Crippen LogP contribution in [-0.4, -0.2) is 22.4 Å². The lowest BCUT2D eigenvalue weighted by Crippen LogP contribution is -2.15. The molecule has 2 N–H and O–H groups in total. The van der Waals surface area contributed by atoms with E-state index < -0.39 is 0 Å². The summed E-state index contributed by atoms with van der Waals surface area (Å²) in [6.07, 6.45) is 4.04. The van der Waals surface area contributed by atoms with E-state index in [-0.39, 0.29) is 11.6 Å². The van der Waals surface area contributed by atoms with Gasteiger partial charge in [0.25, 0.3) is 5.91 Å². The number of carbonyl (C=O) groups is 1. The Morgan fingerprint density at radius 2 is 2.00 bits per heavy atom. The van der Waals surface area contributed by atoms with Crippen LogP contribution in [-0.2, 0) is 0 Å². The molecule has 0 radical (unpaired) electrons. The lowest BCUT2D eigenvalue weighted by molar-refractivity contribution is 0.102. The Balaban J connectivity index is 2.06. The molecule has 2 rings (SSSR count). The normalized spacial score (nSPS) is 10.1. The van der Waals surface area contributed by atoms with Gasteiger partial charge >= 0.3 is 0 Å². The Kier molecular flexibility index (Phi) is 5.06. The number of anilines is 2. The van der Waals surface area contributed by atoms with Crippen LogP contribution in [0, 0.1) is 0 Å². The minimum Gasteiger partial charge on any atom is -0.369 e. The van der Waals surface area contributed by atoms with Crippen molar-refractivity contribution in [2.75, 3.05) is 17.2 Å². The molecule has 1 heterocycles. The summed E-state index contributed by atoms with van der Waals surface area (Å²) >= 11 is 3.35. The minimum absolute atomic E-state index is 0.278. The molecule has 5 nitrogen and oxygen atoms in total. The first-order chi connectivity index (χ1) is 9.69. The Morgan fingerprint density at radius 3 is 2.70 bits per heavy atom. The lowest BCUT2D eigenvalue weighted by Gasteiger charge is -2.07. The molecule has 6 heteroatoms. The number of benzene rings is 1. The van der Waals surface area contributed by atoms with Gasteiger partial charge in [-0.3, -0.25) is 9.78 Å². The summed E-state index contributed by atoms with van der Waals surface area (Å²) in [6.45, 7) is 2.86. The molecule has 104 valence electrons. The van der Waals surface area contributed by atoms with Crippen LogP contribution >= 0.6 is 15.9 Å². The lowest BCUT2D eigenvalue weighted by atomic mass is 10.3. The highest BCUT2D eigenvalue weighted by atomic mass is 79.9. The molecule has 20 heavy (non-hydrogen) atoms. The minimum atomic E-state index is -0.278. The van der Waals surface area contributed by atoms with Crippen molar-refractivity contribution in [1.29, 1.82) is 0 Å². The fourth-order valence-corrected chi connectivity index (χ4v) is 1.81. The summed E-state index contributed by atoms with van der Waals surface area (Å²) in [7, 11) is 0. The highest BCUT2D eigenvalue weighted by molar-refractivity contribution is 9.10. The third-order valence-corrected chi connectivity index (χ3v) is 3.05. The van der Waals surface area contributed by atoms with Gasteiger partial charge in [-0.2, -0.15) is 0 Å². The van der Waals surface area contributed by atoms with Crippen molar-refractivity contribution in [3.8, 4) is 0 Å². The molecule has 0 fully saturated rings. The van der Waals surface area contributed by atoms with Gasteiger partial charge in [0.2, 0.25) is 0 Å². The Labute approximate surface area is 126 Å². The van der Waals surface area contributed by atoms with Crippen LogP contribution in [0.5, 0.6) is 0 Å². The molecule has 1 aromatic heterocycles. The van der Waals surface area contributed by atoms with Gasteiger partial charge in [-0.1, -0.05) is 22.9 Å². The van der Waals surface area contributed by atoms with Crippen molar-refractivity contribution in [1.82, 2.24) is 9.97 Å². The molecule has 0 aliphatic carbocycles. The zero-order valence-corrected chi connectivity index (χ0v) is 12.6. The SMILES string of the molecule is CCCNc1cncc(C(=O)Nc2ccc(Br)cc2)n1. The molecule has 2 aromatic rings. The number of amides is 1. The van der Waals surface area contributed by atoms with E-state index in [0.717, 1.165) is 17.4 Å². The van der Waals surface area contributed by atoms with E-state index in [4.69, 9.17) is 0 Å². The number of hydrogen-bond acceptors (Lipinski definition) is 4. The summed E-state index contributed by atoms with van der Waals surface area (Å²) in [5.41, 5.74) is 1.00. The molecule has 0 saturated carbocycles. The van der Waals surface area contributed by atoms with Crippen molar-refractivity contribution >= 4 is 33.3 Å². The summed E-state index contributed by atoms with van der Waals surface area (Å²) in [6, 6.07) is 7.35. The molecule has 0 atom stereocenters. The zero-order valence-electron chi connectivity index (χ0n) is 11.1. The molecule has 1 amide bonds. The maximum Gasteiger partial charge on any atom is 0.275 e.